The molecule has 3 aliphatic rings. The number of carbonyl (C=O) groups is 1. The lowest BCUT2D eigenvalue weighted by Gasteiger charge is -2.35. The minimum atomic E-state index is 0.0713. The van der Waals surface area contributed by atoms with Crippen LogP contribution in [0.15, 0.2) is 33.7 Å². The van der Waals surface area contributed by atoms with E-state index >= 15 is 0 Å². The Labute approximate surface area is 154 Å². The maximum atomic E-state index is 12.9. The number of aromatic nitrogens is 3. The van der Waals surface area contributed by atoms with Gasteiger partial charge in [-0.15, -0.1) is 11.3 Å². The molecule has 0 N–H and O–H groups in total. The number of fused-ring (bicyclic) bond motifs is 5. The molecule has 2 aromatic heterocycles. The van der Waals surface area contributed by atoms with Crippen molar-refractivity contribution in [2.75, 3.05) is 13.1 Å². The van der Waals surface area contributed by atoms with Crippen LogP contribution in [0.2, 0.25) is 0 Å². The number of thiazole rings is 1. The second-order valence-electron chi connectivity index (χ2n) is 7.12. The van der Waals surface area contributed by atoms with Gasteiger partial charge in [0.2, 0.25) is 5.91 Å². The molecule has 3 fully saturated rings. The van der Waals surface area contributed by atoms with Crippen LogP contribution in [0.4, 0.5) is 0 Å². The molecule has 7 nitrogen and oxygen atoms in total. The summed E-state index contributed by atoms with van der Waals surface area (Å²) in [6.45, 7) is 3.06. The zero-order chi connectivity index (χ0) is 17.5. The molecule has 3 aromatic rings. The SMILES string of the molecule is O=C1[C@H]2CC[C@H](CN(Cc3cccc4nonc34)C2)N1Cc1cscn1. The number of amides is 1. The molecule has 3 aliphatic heterocycles. The van der Waals surface area contributed by atoms with Crippen molar-refractivity contribution in [2.24, 2.45) is 5.92 Å². The molecule has 26 heavy (non-hydrogen) atoms. The number of nitrogens with zero attached hydrogens (tertiary/aromatic N) is 5. The van der Waals surface area contributed by atoms with Crippen molar-refractivity contribution in [1.29, 1.82) is 0 Å². The smallest absolute Gasteiger partial charge is 0.227 e. The predicted octanol–water partition coefficient (Wildman–Crippen LogP) is 2.30. The lowest BCUT2D eigenvalue weighted by atomic mass is 9.94. The van der Waals surface area contributed by atoms with E-state index in [1.807, 2.05) is 27.9 Å². The molecule has 0 saturated carbocycles. The van der Waals surface area contributed by atoms with Gasteiger partial charge in [-0.05, 0) is 34.8 Å². The van der Waals surface area contributed by atoms with E-state index in [4.69, 9.17) is 4.63 Å². The Morgan fingerprint density at radius 3 is 3.04 bits per heavy atom. The van der Waals surface area contributed by atoms with Gasteiger partial charge in [0.05, 0.1) is 23.7 Å². The van der Waals surface area contributed by atoms with Crippen molar-refractivity contribution >= 4 is 28.3 Å². The Kier molecular flexibility index (Phi) is 3.94. The van der Waals surface area contributed by atoms with Crippen molar-refractivity contribution in [3.05, 3.63) is 40.3 Å². The number of benzene rings is 1. The summed E-state index contributed by atoms with van der Waals surface area (Å²) in [5, 5.41) is 10.00. The fraction of sp³-hybridized carbons (Fsp3) is 0.444. The fourth-order valence-electron chi connectivity index (χ4n) is 4.19. The molecule has 134 valence electrons. The molecule has 0 spiro atoms. The third kappa shape index (κ3) is 2.79. The average Bonchev–Trinajstić information content (AvgIpc) is 3.26. The molecule has 8 heteroatoms. The zero-order valence-electron chi connectivity index (χ0n) is 14.2. The standard InChI is InChI=1S/C18H19N5O2S/c24-18-13-4-5-15(23(18)8-14-10-26-11-19-14)9-22(7-13)6-12-2-1-3-16-17(12)21-25-20-16/h1-3,10-11,13,15H,4-9H2/t13-,15+/m0/s1. The molecule has 6 rings (SSSR count). The Hall–Kier alpha value is -2.32. The highest BCUT2D eigenvalue weighted by Gasteiger charge is 2.40. The number of piperidine rings is 1. The number of rotatable bonds is 4. The van der Waals surface area contributed by atoms with Crippen LogP contribution in [-0.4, -0.2) is 50.1 Å². The summed E-state index contributed by atoms with van der Waals surface area (Å²) in [7, 11) is 0. The predicted molar refractivity (Wildman–Crippen MR) is 96.3 cm³/mol. The fourth-order valence-corrected chi connectivity index (χ4v) is 4.74. The first-order valence-corrected chi connectivity index (χ1v) is 9.82. The molecule has 2 atom stereocenters. The van der Waals surface area contributed by atoms with E-state index in [9.17, 15) is 4.79 Å². The minimum Gasteiger partial charge on any atom is -0.332 e. The molecule has 1 aromatic carbocycles. The van der Waals surface area contributed by atoms with Gasteiger partial charge in [-0.1, -0.05) is 12.1 Å². The summed E-state index contributed by atoms with van der Waals surface area (Å²) in [6.07, 6.45) is 2.04. The van der Waals surface area contributed by atoms with Crippen molar-refractivity contribution in [1.82, 2.24) is 25.1 Å². The monoisotopic (exact) mass is 369 g/mol. The Bertz CT molecular complexity index is 925. The topological polar surface area (TPSA) is 75.4 Å². The minimum absolute atomic E-state index is 0.0713. The van der Waals surface area contributed by atoms with Gasteiger partial charge in [-0.25, -0.2) is 9.61 Å². The van der Waals surface area contributed by atoms with Gasteiger partial charge in [0.25, 0.3) is 0 Å². The van der Waals surface area contributed by atoms with Crippen LogP contribution in [0.5, 0.6) is 0 Å². The summed E-state index contributed by atoms with van der Waals surface area (Å²) >= 11 is 1.58. The maximum Gasteiger partial charge on any atom is 0.227 e. The zero-order valence-corrected chi connectivity index (χ0v) is 15.1. The van der Waals surface area contributed by atoms with E-state index in [0.717, 1.165) is 54.8 Å². The third-order valence-corrected chi connectivity index (χ3v) is 6.08. The summed E-state index contributed by atoms with van der Waals surface area (Å²) in [6, 6.07) is 6.19. The quantitative estimate of drug-likeness (QED) is 0.702. The van der Waals surface area contributed by atoms with Gasteiger partial charge in [0.15, 0.2) is 0 Å². The van der Waals surface area contributed by atoms with Gasteiger partial charge >= 0.3 is 0 Å². The lowest BCUT2D eigenvalue weighted by molar-refractivity contribution is -0.140. The summed E-state index contributed by atoms with van der Waals surface area (Å²) in [4.78, 5) is 21.7. The first-order valence-electron chi connectivity index (χ1n) is 8.88. The molecule has 3 saturated heterocycles. The molecule has 0 aliphatic carbocycles. The van der Waals surface area contributed by atoms with Crippen molar-refractivity contribution < 1.29 is 9.42 Å². The highest BCUT2D eigenvalue weighted by molar-refractivity contribution is 7.07. The van der Waals surface area contributed by atoms with E-state index in [0.29, 0.717) is 6.54 Å². The molecular weight excluding hydrogens is 350 g/mol. The summed E-state index contributed by atoms with van der Waals surface area (Å²) in [5.41, 5.74) is 5.51. The van der Waals surface area contributed by atoms with Crippen molar-refractivity contribution in [2.45, 2.75) is 32.0 Å². The normalized spacial score (nSPS) is 23.7. The van der Waals surface area contributed by atoms with Crippen molar-refractivity contribution in [3.8, 4) is 0 Å². The van der Waals surface area contributed by atoms with Gasteiger partial charge < -0.3 is 4.90 Å². The maximum absolute atomic E-state index is 12.9. The summed E-state index contributed by atoms with van der Waals surface area (Å²) in [5.74, 6) is 0.347. The van der Waals surface area contributed by atoms with Gasteiger partial charge in [-0.2, -0.15) is 0 Å². The molecule has 1 amide bonds. The third-order valence-electron chi connectivity index (χ3n) is 5.45. The van der Waals surface area contributed by atoms with Gasteiger partial charge in [-0.3, -0.25) is 9.69 Å². The molecule has 2 bridgehead atoms. The van der Waals surface area contributed by atoms with E-state index in [1.54, 1.807) is 11.3 Å². The number of hydrogen-bond donors (Lipinski definition) is 0. The average molecular weight is 369 g/mol. The van der Waals surface area contributed by atoms with E-state index in [1.165, 1.54) is 0 Å². The highest BCUT2D eigenvalue weighted by atomic mass is 32.1. The van der Waals surface area contributed by atoms with Crippen LogP contribution >= 0.6 is 11.3 Å². The van der Waals surface area contributed by atoms with E-state index < -0.39 is 0 Å². The summed E-state index contributed by atoms with van der Waals surface area (Å²) < 4.78 is 4.88. The molecule has 0 radical (unpaired) electrons. The van der Waals surface area contributed by atoms with E-state index in [2.05, 4.69) is 26.3 Å². The lowest BCUT2D eigenvalue weighted by Crippen LogP contribution is -2.47. The number of carbonyl (C=O) groups excluding carboxylic acids is 1. The van der Waals surface area contributed by atoms with Crippen LogP contribution in [0.3, 0.4) is 0 Å². The van der Waals surface area contributed by atoms with Crippen LogP contribution in [0, 0.1) is 5.92 Å². The molecule has 0 unspecified atom stereocenters. The van der Waals surface area contributed by atoms with Crippen molar-refractivity contribution in [3.63, 3.8) is 0 Å². The molecular formula is C18H19N5O2S. The second kappa shape index (κ2) is 6.44. The van der Waals surface area contributed by atoms with E-state index in [-0.39, 0.29) is 17.9 Å². The van der Waals surface area contributed by atoms with Crippen LogP contribution in [0.25, 0.3) is 11.0 Å². The Morgan fingerprint density at radius 2 is 2.15 bits per heavy atom. The number of hydrogen-bond acceptors (Lipinski definition) is 7. The van der Waals surface area contributed by atoms with Crippen LogP contribution in [0.1, 0.15) is 24.1 Å². The Morgan fingerprint density at radius 1 is 1.19 bits per heavy atom. The highest BCUT2D eigenvalue weighted by Crippen LogP contribution is 2.31. The molecule has 5 heterocycles. The first kappa shape index (κ1) is 15.9. The first-order chi connectivity index (χ1) is 12.8. The van der Waals surface area contributed by atoms with Crippen LogP contribution < -0.4 is 0 Å². The largest absolute Gasteiger partial charge is 0.332 e. The van der Waals surface area contributed by atoms with Crippen LogP contribution in [-0.2, 0) is 17.9 Å². The van der Waals surface area contributed by atoms with Gasteiger partial charge in [0, 0.05) is 31.1 Å². The second-order valence-corrected chi connectivity index (χ2v) is 7.84. The van der Waals surface area contributed by atoms with Gasteiger partial charge in [0.1, 0.15) is 11.0 Å². The Balaban J connectivity index is 1.38.